The summed E-state index contributed by atoms with van der Waals surface area (Å²) in [4.78, 5) is 9.70. The predicted molar refractivity (Wildman–Crippen MR) is 92.6 cm³/mol. The maximum atomic E-state index is 5.96. The zero-order chi connectivity index (χ0) is 15.9. The van der Waals surface area contributed by atoms with Crippen LogP contribution in [0.5, 0.6) is 0 Å². The third-order valence-corrected chi connectivity index (χ3v) is 3.53. The van der Waals surface area contributed by atoms with Gasteiger partial charge in [-0.15, -0.1) is 0 Å². The molecule has 0 saturated heterocycles. The molecule has 0 spiro atoms. The minimum Gasteiger partial charge on any atom is -0.390 e. The number of benzene rings is 2. The van der Waals surface area contributed by atoms with Crippen molar-refractivity contribution in [3.8, 4) is 0 Å². The third kappa shape index (κ3) is 4.18. The molecule has 0 saturated carbocycles. The smallest absolute Gasteiger partial charge is 0.142 e. The molecule has 0 aliphatic rings. The topological polar surface area (TPSA) is 34.5 Å². The Labute approximate surface area is 140 Å². The van der Waals surface area contributed by atoms with Gasteiger partial charge in [0.2, 0.25) is 0 Å². The lowest BCUT2D eigenvalue weighted by Crippen LogP contribution is -2.05. The van der Waals surface area contributed by atoms with Crippen molar-refractivity contribution in [2.24, 2.45) is 5.16 Å². The van der Waals surface area contributed by atoms with Gasteiger partial charge in [0.15, 0.2) is 0 Å². The van der Waals surface area contributed by atoms with Gasteiger partial charge in [-0.05, 0) is 29.8 Å². The van der Waals surface area contributed by atoms with Crippen LogP contribution in [-0.2, 0) is 11.4 Å². The molecule has 1 heterocycles. The van der Waals surface area contributed by atoms with Gasteiger partial charge in [0.25, 0.3) is 0 Å². The molecule has 114 valence electrons. The second kappa shape index (κ2) is 7.56. The fourth-order valence-electron chi connectivity index (χ4n) is 2.13. The highest BCUT2D eigenvalue weighted by atomic mass is 35.5. The van der Waals surface area contributed by atoms with Crippen molar-refractivity contribution in [1.82, 2.24) is 4.98 Å². The summed E-state index contributed by atoms with van der Waals surface area (Å²) < 4.78 is 0. The first-order valence-electron chi connectivity index (χ1n) is 7.23. The second-order valence-electron chi connectivity index (χ2n) is 4.95. The van der Waals surface area contributed by atoms with Gasteiger partial charge in [-0.3, -0.25) is 4.98 Å². The van der Waals surface area contributed by atoms with E-state index in [1.54, 1.807) is 12.4 Å². The van der Waals surface area contributed by atoms with Gasteiger partial charge in [-0.2, -0.15) is 0 Å². The Morgan fingerprint density at radius 1 is 0.913 bits per heavy atom. The number of rotatable bonds is 5. The molecule has 0 N–H and O–H groups in total. The van der Waals surface area contributed by atoms with E-state index in [0.29, 0.717) is 11.6 Å². The molecule has 0 unspecified atom stereocenters. The monoisotopic (exact) mass is 322 g/mol. The Balaban J connectivity index is 1.86. The van der Waals surface area contributed by atoms with Crippen LogP contribution >= 0.6 is 11.6 Å². The second-order valence-corrected chi connectivity index (χ2v) is 5.38. The van der Waals surface area contributed by atoms with E-state index in [4.69, 9.17) is 16.4 Å². The molecular weight excluding hydrogens is 308 g/mol. The predicted octanol–water partition coefficient (Wildman–Crippen LogP) is 4.70. The van der Waals surface area contributed by atoms with Crippen molar-refractivity contribution in [2.45, 2.75) is 6.61 Å². The summed E-state index contributed by atoms with van der Waals surface area (Å²) in [5.41, 5.74) is 3.61. The number of hydrogen-bond acceptors (Lipinski definition) is 3. The van der Waals surface area contributed by atoms with Crippen molar-refractivity contribution in [3.63, 3.8) is 0 Å². The quantitative estimate of drug-likeness (QED) is 0.504. The lowest BCUT2D eigenvalue weighted by Gasteiger charge is -2.07. The minimum atomic E-state index is 0.415. The van der Waals surface area contributed by atoms with Crippen LogP contribution in [0.2, 0.25) is 5.02 Å². The zero-order valence-corrected chi connectivity index (χ0v) is 13.1. The average molecular weight is 323 g/mol. The van der Waals surface area contributed by atoms with E-state index < -0.39 is 0 Å². The lowest BCUT2D eigenvalue weighted by molar-refractivity contribution is 0.131. The van der Waals surface area contributed by atoms with Crippen LogP contribution in [0.3, 0.4) is 0 Å². The molecular formula is C19H15ClN2O. The van der Waals surface area contributed by atoms with E-state index >= 15 is 0 Å². The van der Waals surface area contributed by atoms with Gasteiger partial charge >= 0.3 is 0 Å². The van der Waals surface area contributed by atoms with Gasteiger partial charge in [0.1, 0.15) is 12.3 Å². The molecule has 0 radical (unpaired) electrons. The Hall–Kier alpha value is -2.65. The Bertz CT molecular complexity index is 771. The molecule has 0 aliphatic heterocycles. The fraction of sp³-hybridized carbons (Fsp3) is 0.0526. The van der Waals surface area contributed by atoms with Crippen LogP contribution < -0.4 is 0 Å². The summed E-state index contributed by atoms with van der Waals surface area (Å²) in [6.45, 7) is 0.415. The first-order chi connectivity index (χ1) is 11.3. The van der Waals surface area contributed by atoms with Crippen molar-refractivity contribution in [3.05, 3.63) is 101 Å². The highest BCUT2D eigenvalue weighted by Crippen LogP contribution is 2.15. The Morgan fingerprint density at radius 3 is 2.39 bits per heavy atom. The summed E-state index contributed by atoms with van der Waals surface area (Å²) in [7, 11) is 0. The fourth-order valence-corrected chi connectivity index (χ4v) is 2.25. The lowest BCUT2D eigenvalue weighted by atomic mass is 10.0. The van der Waals surface area contributed by atoms with E-state index in [1.807, 2.05) is 66.7 Å². The summed E-state index contributed by atoms with van der Waals surface area (Å²) in [6.07, 6.45) is 3.49. The normalized spacial score (nSPS) is 11.3. The van der Waals surface area contributed by atoms with Crippen molar-refractivity contribution in [1.29, 1.82) is 0 Å². The number of pyridine rings is 1. The van der Waals surface area contributed by atoms with Crippen LogP contribution in [0, 0.1) is 0 Å². The highest BCUT2D eigenvalue weighted by molar-refractivity contribution is 6.30. The van der Waals surface area contributed by atoms with Crippen molar-refractivity contribution < 1.29 is 4.84 Å². The van der Waals surface area contributed by atoms with Crippen LogP contribution in [0.4, 0.5) is 0 Å². The van der Waals surface area contributed by atoms with E-state index in [2.05, 4.69) is 10.1 Å². The number of oxime groups is 1. The van der Waals surface area contributed by atoms with Gasteiger partial charge in [-0.1, -0.05) is 59.2 Å². The largest absolute Gasteiger partial charge is 0.390 e. The number of hydrogen-bond donors (Lipinski definition) is 0. The number of nitrogens with zero attached hydrogens (tertiary/aromatic N) is 2. The summed E-state index contributed by atoms with van der Waals surface area (Å²) in [6, 6.07) is 21.3. The van der Waals surface area contributed by atoms with Gasteiger partial charge < -0.3 is 4.84 Å². The SMILES string of the molecule is Clc1ccc(/C(=N\OCc2ccccc2)c2cccnc2)cc1. The number of aromatic nitrogens is 1. The molecule has 0 aliphatic carbocycles. The van der Waals surface area contributed by atoms with Gasteiger partial charge in [-0.25, -0.2) is 0 Å². The molecule has 3 aromatic rings. The first kappa shape index (κ1) is 15.3. The van der Waals surface area contributed by atoms with Crippen LogP contribution in [0.1, 0.15) is 16.7 Å². The maximum Gasteiger partial charge on any atom is 0.142 e. The molecule has 2 aromatic carbocycles. The van der Waals surface area contributed by atoms with Crippen molar-refractivity contribution in [2.75, 3.05) is 0 Å². The Kier molecular flexibility index (Phi) is 5.02. The summed E-state index contributed by atoms with van der Waals surface area (Å²) >= 11 is 5.96. The van der Waals surface area contributed by atoms with Crippen molar-refractivity contribution >= 4 is 17.3 Å². The summed E-state index contributed by atoms with van der Waals surface area (Å²) in [5, 5.41) is 5.01. The molecule has 0 atom stereocenters. The highest BCUT2D eigenvalue weighted by Gasteiger charge is 2.08. The maximum absolute atomic E-state index is 5.96. The van der Waals surface area contributed by atoms with E-state index in [0.717, 1.165) is 22.4 Å². The van der Waals surface area contributed by atoms with Crippen LogP contribution in [0.25, 0.3) is 0 Å². The van der Waals surface area contributed by atoms with E-state index in [1.165, 1.54) is 0 Å². The Morgan fingerprint density at radius 2 is 1.70 bits per heavy atom. The first-order valence-corrected chi connectivity index (χ1v) is 7.61. The number of halogens is 1. The van der Waals surface area contributed by atoms with Gasteiger partial charge in [0.05, 0.1) is 0 Å². The molecule has 0 fully saturated rings. The molecule has 3 rings (SSSR count). The van der Waals surface area contributed by atoms with E-state index in [9.17, 15) is 0 Å². The molecule has 1 aromatic heterocycles. The minimum absolute atomic E-state index is 0.415. The molecule has 0 amide bonds. The molecule has 3 nitrogen and oxygen atoms in total. The van der Waals surface area contributed by atoms with Crippen LogP contribution in [-0.4, -0.2) is 10.7 Å². The van der Waals surface area contributed by atoms with Crippen LogP contribution in [0.15, 0.2) is 84.3 Å². The zero-order valence-electron chi connectivity index (χ0n) is 12.4. The van der Waals surface area contributed by atoms with Gasteiger partial charge in [0, 0.05) is 28.5 Å². The third-order valence-electron chi connectivity index (χ3n) is 3.28. The standard InChI is InChI=1S/C19H15ClN2O/c20-18-10-8-16(9-11-18)19(17-7-4-12-21-13-17)22-23-14-15-5-2-1-3-6-15/h1-13H,14H2/b22-19+. The summed E-state index contributed by atoms with van der Waals surface area (Å²) in [5.74, 6) is 0. The molecule has 0 bridgehead atoms. The van der Waals surface area contributed by atoms with E-state index in [-0.39, 0.29) is 0 Å². The average Bonchev–Trinajstić information content (AvgIpc) is 2.61. The molecule has 4 heteroatoms. The molecule has 23 heavy (non-hydrogen) atoms.